The van der Waals surface area contributed by atoms with Crippen molar-refractivity contribution >= 4 is 5.91 Å². The van der Waals surface area contributed by atoms with Gasteiger partial charge in [-0.25, -0.2) is 0 Å². The molecule has 0 aromatic heterocycles. The molecule has 0 radical (unpaired) electrons. The summed E-state index contributed by atoms with van der Waals surface area (Å²) >= 11 is 0. The highest BCUT2D eigenvalue weighted by Crippen LogP contribution is 2.16. The fraction of sp³-hybridized carbons (Fsp3) is 0.308. The summed E-state index contributed by atoms with van der Waals surface area (Å²) in [5, 5.41) is 2.69. The average molecular weight is 235 g/mol. The lowest BCUT2D eigenvalue weighted by Gasteiger charge is -2.07. The van der Waals surface area contributed by atoms with Crippen LogP contribution in [0.25, 0.3) is 0 Å². The number of hydrogen-bond acceptors (Lipinski definition) is 3. The van der Waals surface area contributed by atoms with E-state index in [1.54, 1.807) is 31.4 Å². The van der Waals surface area contributed by atoms with E-state index in [4.69, 9.17) is 9.47 Å². The fourth-order valence-corrected chi connectivity index (χ4v) is 1.12. The molecule has 1 amide bonds. The molecule has 0 heterocycles. The first-order valence-corrected chi connectivity index (χ1v) is 5.29. The second-order valence-electron chi connectivity index (χ2n) is 3.70. The number of rotatable bonds is 6. The van der Waals surface area contributed by atoms with E-state index in [1.165, 1.54) is 0 Å². The molecule has 1 aromatic rings. The molecule has 0 saturated heterocycles. The van der Waals surface area contributed by atoms with Gasteiger partial charge >= 0.3 is 0 Å². The first-order valence-electron chi connectivity index (χ1n) is 5.29. The number of hydrogen-bond donors (Lipinski definition) is 1. The van der Waals surface area contributed by atoms with E-state index < -0.39 is 0 Å². The van der Waals surface area contributed by atoms with Crippen LogP contribution in [0.2, 0.25) is 0 Å². The lowest BCUT2D eigenvalue weighted by molar-refractivity contribution is -0.122. The Balaban J connectivity index is 2.34. The Hall–Kier alpha value is -1.97. The van der Waals surface area contributed by atoms with Gasteiger partial charge in [0.2, 0.25) is 0 Å². The number of carbonyl (C=O) groups excluding carboxylic acids is 1. The molecule has 4 heteroatoms. The van der Waals surface area contributed by atoms with Gasteiger partial charge in [-0.15, -0.1) is 0 Å². The van der Waals surface area contributed by atoms with Crippen molar-refractivity contribution in [3.05, 3.63) is 36.4 Å². The third-order valence-electron chi connectivity index (χ3n) is 2.02. The van der Waals surface area contributed by atoms with Gasteiger partial charge in [-0.2, -0.15) is 0 Å². The van der Waals surface area contributed by atoms with E-state index in [0.717, 1.165) is 11.3 Å². The van der Waals surface area contributed by atoms with Crippen LogP contribution in [0.3, 0.4) is 0 Å². The van der Waals surface area contributed by atoms with Crippen molar-refractivity contribution in [2.24, 2.45) is 0 Å². The molecule has 0 fully saturated rings. The smallest absolute Gasteiger partial charge is 0.258 e. The molecular weight excluding hydrogens is 218 g/mol. The second kappa shape index (κ2) is 6.58. The molecule has 0 bridgehead atoms. The Morgan fingerprint density at radius 1 is 1.29 bits per heavy atom. The molecule has 0 atom stereocenters. The summed E-state index contributed by atoms with van der Waals surface area (Å²) in [7, 11) is 1.60. The molecule has 0 aliphatic heterocycles. The number of amides is 1. The van der Waals surface area contributed by atoms with Gasteiger partial charge in [0.25, 0.3) is 5.91 Å². The van der Waals surface area contributed by atoms with Crippen molar-refractivity contribution in [2.45, 2.75) is 6.92 Å². The Labute approximate surface area is 101 Å². The first-order chi connectivity index (χ1) is 8.11. The Morgan fingerprint density at radius 2 is 1.88 bits per heavy atom. The maximum Gasteiger partial charge on any atom is 0.258 e. The SMILES string of the molecule is C=C(C)CNC(=O)COc1ccc(OC)cc1. The van der Waals surface area contributed by atoms with Crippen LogP contribution in [0.15, 0.2) is 36.4 Å². The number of nitrogens with one attached hydrogen (secondary N) is 1. The Bertz CT molecular complexity index is 384. The topological polar surface area (TPSA) is 47.6 Å². The zero-order valence-corrected chi connectivity index (χ0v) is 10.2. The summed E-state index contributed by atoms with van der Waals surface area (Å²) in [5.74, 6) is 1.23. The lowest BCUT2D eigenvalue weighted by Crippen LogP contribution is -2.29. The Kier molecular flexibility index (Phi) is 5.07. The highest BCUT2D eigenvalue weighted by molar-refractivity contribution is 5.77. The molecule has 92 valence electrons. The van der Waals surface area contributed by atoms with E-state index in [1.807, 2.05) is 6.92 Å². The van der Waals surface area contributed by atoms with Crippen LogP contribution in [-0.2, 0) is 4.79 Å². The summed E-state index contributed by atoms with van der Waals surface area (Å²) in [6, 6.07) is 7.07. The predicted molar refractivity (Wildman–Crippen MR) is 66.3 cm³/mol. The molecule has 1 aromatic carbocycles. The van der Waals surface area contributed by atoms with Crippen LogP contribution < -0.4 is 14.8 Å². The molecule has 0 unspecified atom stereocenters. The van der Waals surface area contributed by atoms with Crippen LogP contribution in [0, 0.1) is 0 Å². The van der Waals surface area contributed by atoms with E-state index in [9.17, 15) is 4.79 Å². The van der Waals surface area contributed by atoms with Crippen LogP contribution in [-0.4, -0.2) is 26.2 Å². The fourth-order valence-electron chi connectivity index (χ4n) is 1.12. The normalized spacial score (nSPS) is 9.53. The third-order valence-corrected chi connectivity index (χ3v) is 2.02. The highest BCUT2D eigenvalue weighted by atomic mass is 16.5. The van der Waals surface area contributed by atoms with Gasteiger partial charge in [-0.3, -0.25) is 4.79 Å². The van der Waals surface area contributed by atoms with Crippen molar-refractivity contribution in [1.82, 2.24) is 5.32 Å². The number of carbonyl (C=O) groups is 1. The van der Waals surface area contributed by atoms with Crippen molar-refractivity contribution in [2.75, 3.05) is 20.3 Å². The van der Waals surface area contributed by atoms with Gasteiger partial charge < -0.3 is 14.8 Å². The monoisotopic (exact) mass is 235 g/mol. The molecular formula is C13H17NO3. The maximum atomic E-state index is 11.3. The van der Waals surface area contributed by atoms with E-state index in [0.29, 0.717) is 12.3 Å². The largest absolute Gasteiger partial charge is 0.497 e. The molecule has 0 spiro atoms. The molecule has 17 heavy (non-hydrogen) atoms. The summed E-state index contributed by atoms with van der Waals surface area (Å²) < 4.78 is 10.3. The van der Waals surface area contributed by atoms with E-state index in [-0.39, 0.29) is 12.5 Å². The summed E-state index contributed by atoms with van der Waals surface area (Å²) in [6.07, 6.45) is 0. The third kappa shape index (κ3) is 5.06. The molecule has 0 aliphatic rings. The molecule has 1 N–H and O–H groups in total. The lowest BCUT2D eigenvalue weighted by atomic mass is 10.3. The van der Waals surface area contributed by atoms with Gasteiger partial charge in [-0.05, 0) is 31.2 Å². The van der Waals surface area contributed by atoms with E-state index in [2.05, 4.69) is 11.9 Å². The van der Waals surface area contributed by atoms with Crippen LogP contribution >= 0.6 is 0 Å². The standard InChI is InChI=1S/C13H17NO3/c1-10(2)8-14-13(15)9-17-12-6-4-11(16-3)5-7-12/h4-7H,1,8-9H2,2-3H3,(H,14,15). The van der Waals surface area contributed by atoms with E-state index >= 15 is 0 Å². The highest BCUT2D eigenvalue weighted by Gasteiger charge is 2.02. The number of methoxy groups -OCH3 is 1. The van der Waals surface area contributed by atoms with Crippen molar-refractivity contribution in [3.63, 3.8) is 0 Å². The van der Waals surface area contributed by atoms with Gasteiger partial charge in [0.1, 0.15) is 11.5 Å². The van der Waals surface area contributed by atoms with Gasteiger partial charge in [0, 0.05) is 6.54 Å². The second-order valence-corrected chi connectivity index (χ2v) is 3.70. The van der Waals surface area contributed by atoms with Crippen molar-refractivity contribution in [3.8, 4) is 11.5 Å². The summed E-state index contributed by atoms with van der Waals surface area (Å²) in [5.41, 5.74) is 0.905. The van der Waals surface area contributed by atoms with Crippen LogP contribution in [0.1, 0.15) is 6.92 Å². The van der Waals surface area contributed by atoms with Crippen molar-refractivity contribution in [1.29, 1.82) is 0 Å². The molecule has 0 saturated carbocycles. The maximum absolute atomic E-state index is 11.3. The summed E-state index contributed by atoms with van der Waals surface area (Å²) in [4.78, 5) is 11.3. The zero-order valence-electron chi connectivity index (χ0n) is 10.2. The number of ether oxygens (including phenoxy) is 2. The average Bonchev–Trinajstić information content (AvgIpc) is 2.34. The Morgan fingerprint density at radius 3 is 2.41 bits per heavy atom. The molecule has 0 aliphatic carbocycles. The van der Waals surface area contributed by atoms with Gasteiger partial charge in [0.05, 0.1) is 7.11 Å². The minimum atomic E-state index is -0.163. The van der Waals surface area contributed by atoms with Gasteiger partial charge in [0.15, 0.2) is 6.61 Å². The quantitative estimate of drug-likeness (QED) is 0.764. The zero-order chi connectivity index (χ0) is 12.7. The minimum Gasteiger partial charge on any atom is -0.497 e. The predicted octanol–water partition coefficient (Wildman–Crippen LogP) is 1.77. The first kappa shape index (κ1) is 13.1. The number of benzene rings is 1. The molecule has 4 nitrogen and oxygen atoms in total. The summed E-state index contributed by atoms with van der Waals surface area (Å²) in [6.45, 7) is 6.02. The van der Waals surface area contributed by atoms with Crippen LogP contribution in [0.5, 0.6) is 11.5 Å². The minimum absolute atomic E-state index is 0.000388. The van der Waals surface area contributed by atoms with Crippen LogP contribution in [0.4, 0.5) is 0 Å². The van der Waals surface area contributed by atoms with Crippen molar-refractivity contribution < 1.29 is 14.3 Å². The molecule has 1 rings (SSSR count). The van der Waals surface area contributed by atoms with Gasteiger partial charge in [-0.1, -0.05) is 12.2 Å².